The fourth-order valence-corrected chi connectivity index (χ4v) is 4.18. The molecule has 35 heavy (non-hydrogen) atoms. The first-order valence-electron chi connectivity index (χ1n) is 11.8. The van der Waals surface area contributed by atoms with Crippen LogP contribution in [0, 0.1) is 5.92 Å². The molecule has 1 amide bonds. The molecule has 0 saturated carbocycles. The van der Waals surface area contributed by atoms with Crippen LogP contribution in [0.2, 0.25) is 0 Å². The van der Waals surface area contributed by atoms with Gasteiger partial charge in [0.25, 0.3) is 0 Å². The zero-order valence-electron chi connectivity index (χ0n) is 20.6. The SMILES string of the molecule is COc1ccc(-c2noc(CN3CCCC(C(=O)Nc4cccc(OC(C)C)c4)C3)n2)cc1OC. The Balaban J connectivity index is 1.36. The molecule has 1 fully saturated rings. The molecule has 0 spiro atoms. The molecule has 0 bridgehead atoms. The number of amides is 1. The van der Waals surface area contributed by atoms with Crippen LogP contribution in [0.1, 0.15) is 32.6 Å². The fraction of sp³-hybridized carbons (Fsp3) is 0.423. The van der Waals surface area contributed by atoms with Crippen LogP contribution in [0.15, 0.2) is 47.0 Å². The van der Waals surface area contributed by atoms with Crippen LogP contribution >= 0.6 is 0 Å². The number of hydrogen-bond acceptors (Lipinski definition) is 8. The van der Waals surface area contributed by atoms with Gasteiger partial charge in [-0.2, -0.15) is 4.98 Å². The largest absolute Gasteiger partial charge is 0.493 e. The van der Waals surface area contributed by atoms with E-state index in [0.29, 0.717) is 36.3 Å². The van der Waals surface area contributed by atoms with Crippen molar-refractivity contribution in [1.82, 2.24) is 15.0 Å². The van der Waals surface area contributed by atoms with Crippen molar-refractivity contribution in [3.8, 4) is 28.6 Å². The number of anilines is 1. The molecule has 1 unspecified atom stereocenters. The second-order valence-electron chi connectivity index (χ2n) is 8.84. The summed E-state index contributed by atoms with van der Waals surface area (Å²) in [5.41, 5.74) is 1.51. The molecular weight excluding hydrogens is 448 g/mol. The first-order chi connectivity index (χ1) is 16.9. The summed E-state index contributed by atoms with van der Waals surface area (Å²) < 4.78 is 21.9. The second kappa shape index (κ2) is 11.2. The highest BCUT2D eigenvalue weighted by Crippen LogP contribution is 2.31. The minimum Gasteiger partial charge on any atom is -0.493 e. The molecule has 0 radical (unpaired) electrons. The van der Waals surface area contributed by atoms with E-state index in [1.54, 1.807) is 14.2 Å². The van der Waals surface area contributed by atoms with E-state index >= 15 is 0 Å². The average Bonchev–Trinajstić information content (AvgIpc) is 3.32. The molecule has 2 heterocycles. The van der Waals surface area contributed by atoms with Gasteiger partial charge in [0.1, 0.15) is 5.75 Å². The van der Waals surface area contributed by atoms with Crippen molar-refractivity contribution in [3.05, 3.63) is 48.4 Å². The van der Waals surface area contributed by atoms with Gasteiger partial charge < -0.3 is 24.1 Å². The third kappa shape index (κ3) is 6.30. The summed E-state index contributed by atoms with van der Waals surface area (Å²) >= 11 is 0. The zero-order valence-corrected chi connectivity index (χ0v) is 20.6. The predicted molar refractivity (Wildman–Crippen MR) is 132 cm³/mol. The van der Waals surface area contributed by atoms with E-state index in [2.05, 4.69) is 20.4 Å². The number of rotatable bonds is 9. The van der Waals surface area contributed by atoms with Crippen LogP contribution in [0.5, 0.6) is 17.2 Å². The highest BCUT2D eigenvalue weighted by atomic mass is 16.5. The third-order valence-electron chi connectivity index (χ3n) is 5.82. The lowest BCUT2D eigenvalue weighted by molar-refractivity contribution is -0.121. The molecule has 0 aliphatic carbocycles. The standard InChI is InChI=1S/C26H32N4O5/c1-17(2)34-21-9-5-8-20(14-21)27-26(31)19-7-6-12-30(15-19)16-24-28-25(29-35-24)18-10-11-22(32-3)23(13-18)33-4/h5,8-11,13-14,17,19H,6-7,12,15-16H2,1-4H3,(H,27,31). The molecule has 186 valence electrons. The monoisotopic (exact) mass is 480 g/mol. The minimum atomic E-state index is -0.119. The van der Waals surface area contributed by atoms with E-state index in [1.807, 2.05) is 56.3 Å². The number of ether oxygens (including phenoxy) is 3. The lowest BCUT2D eigenvalue weighted by Crippen LogP contribution is -2.40. The minimum absolute atomic E-state index is 0.00735. The Morgan fingerprint density at radius 3 is 2.77 bits per heavy atom. The molecule has 1 aliphatic rings. The van der Waals surface area contributed by atoms with Gasteiger partial charge in [-0.05, 0) is 63.6 Å². The van der Waals surface area contributed by atoms with E-state index in [-0.39, 0.29) is 17.9 Å². The van der Waals surface area contributed by atoms with Gasteiger partial charge in [0.2, 0.25) is 17.6 Å². The van der Waals surface area contributed by atoms with Crippen molar-refractivity contribution in [3.63, 3.8) is 0 Å². The van der Waals surface area contributed by atoms with Crippen LogP contribution in [0.25, 0.3) is 11.4 Å². The molecule has 9 heteroatoms. The molecule has 1 N–H and O–H groups in total. The van der Waals surface area contributed by atoms with Gasteiger partial charge in [0, 0.05) is 23.9 Å². The summed E-state index contributed by atoms with van der Waals surface area (Å²) in [6, 6.07) is 13.0. The Bertz CT molecular complexity index is 1150. The number of methoxy groups -OCH3 is 2. The number of piperidine rings is 1. The summed E-state index contributed by atoms with van der Waals surface area (Å²) in [4.78, 5) is 19.7. The molecule has 3 aromatic rings. The van der Waals surface area contributed by atoms with Crippen LogP contribution in [0.4, 0.5) is 5.69 Å². The highest BCUT2D eigenvalue weighted by Gasteiger charge is 2.27. The maximum Gasteiger partial charge on any atom is 0.241 e. The number of nitrogens with one attached hydrogen (secondary N) is 1. The quantitative estimate of drug-likeness (QED) is 0.481. The number of carbonyl (C=O) groups excluding carboxylic acids is 1. The third-order valence-corrected chi connectivity index (χ3v) is 5.82. The van der Waals surface area contributed by atoms with Gasteiger partial charge in [0.05, 0.1) is 32.8 Å². The lowest BCUT2D eigenvalue weighted by atomic mass is 9.97. The Hall–Kier alpha value is -3.59. The number of nitrogens with zero attached hydrogens (tertiary/aromatic N) is 3. The van der Waals surface area contributed by atoms with Crippen LogP contribution in [-0.2, 0) is 11.3 Å². The summed E-state index contributed by atoms with van der Waals surface area (Å²) in [5, 5.41) is 7.16. The fourth-order valence-electron chi connectivity index (χ4n) is 4.18. The average molecular weight is 481 g/mol. The second-order valence-corrected chi connectivity index (χ2v) is 8.84. The topological polar surface area (TPSA) is 99.0 Å². The smallest absolute Gasteiger partial charge is 0.241 e. The maximum atomic E-state index is 12.9. The summed E-state index contributed by atoms with van der Waals surface area (Å²) in [5.74, 6) is 2.86. The molecular formula is C26H32N4O5. The van der Waals surface area contributed by atoms with Crippen molar-refractivity contribution in [2.24, 2.45) is 5.92 Å². The Labute approximate surface area is 205 Å². The summed E-state index contributed by atoms with van der Waals surface area (Å²) in [7, 11) is 3.18. The normalized spacial score (nSPS) is 16.2. The molecule has 4 rings (SSSR count). The van der Waals surface area contributed by atoms with Gasteiger partial charge in [-0.1, -0.05) is 11.2 Å². The van der Waals surface area contributed by atoms with Crippen molar-refractivity contribution in [2.45, 2.75) is 39.3 Å². The van der Waals surface area contributed by atoms with Crippen LogP contribution in [0.3, 0.4) is 0 Å². The number of benzene rings is 2. The highest BCUT2D eigenvalue weighted by molar-refractivity contribution is 5.92. The molecule has 1 aromatic heterocycles. The van der Waals surface area contributed by atoms with Gasteiger partial charge in [-0.25, -0.2) is 0 Å². The van der Waals surface area contributed by atoms with Gasteiger partial charge in [-0.15, -0.1) is 0 Å². The zero-order chi connectivity index (χ0) is 24.8. The van der Waals surface area contributed by atoms with Crippen molar-refractivity contribution < 1.29 is 23.5 Å². The number of likely N-dealkylation sites (tertiary alicyclic amines) is 1. The van der Waals surface area contributed by atoms with Crippen molar-refractivity contribution >= 4 is 11.6 Å². The van der Waals surface area contributed by atoms with Crippen molar-refractivity contribution in [1.29, 1.82) is 0 Å². The first kappa shape index (κ1) is 24.5. The van der Waals surface area contributed by atoms with E-state index < -0.39 is 0 Å². The Morgan fingerprint density at radius 1 is 1.17 bits per heavy atom. The van der Waals surface area contributed by atoms with Crippen LogP contribution < -0.4 is 19.5 Å². The summed E-state index contributed by atoms with van der Waals surface area (Å²) in [6.07, 6.45) is 1.83. The van der Waals surface area contributed by atoms with E-state index in [9.17, 15) is 4.79 Å². The molecule has 1 saturated heterocycles. The first-order valence-corrected chi connectivity index (χ1v) is 11.8. The van der Waals surface area contributed by atoms with Gasteiger partial charge in [-0.3, -0.25) is 9.69 Å². The number of hydrogen-bond donors (Lipinski definition) is 1. The molecule has 9 nitrogen and oxygen atoms in total. The Kier molecular flexibility index (Phi) is 7.87. The van der Waals surface area contributed by atoms with Crippen LogP contribution in [-0.4, -0.2) is 54.4 Å². The molecule has 1 aliphatic heterocycles. The lowest BCUT2D eigenvalue weighted by Gasteiger charge is -2.30. The number of carbonyl (C=O) groups is 1. The predicted octanol–water partition coefficient (Wildman–Crippen LogP) is 4.39. The Morgan fingerprint density at radius 2 is 2.00 bits per heavy atom. The molecule has 2 aromatic carbocycles. The summed E-state index contributed by atoms with van der Waals surface area (Å²) in [6.45, 7) is 5.93. The van der Waals surface area contributed by atoms with Gasteiger partial charge in [0.15, 0.2) is 11.5 Å². The van der Waals surface area contributed by atoms with E-state index in [4.69, 9.17) is 18.7 Å². The van der Waals surface area contributed by atoms with Gasteiger partial charge >= 0.3 is 0 Å². The van der Waals surface area contributed by atoms with E-state index in [1.165, 1.54) is 0 Å². The van der Waals surface area contributed by atoms with Crippen molar-refractivity contribution in [2.75, 3.05) is 32.6 Å². The van der Waals surface area contributed by atoms with E-state index in [0.717, 1.165) is 36.4 Å². The maximum absolute atomic E-state index is 12.9. The molecule has 1 atom stereocenters. The number of aromatic nitrogens is 2.